The van der Waals surface area contributed by atoms with Crippen molar-refractivity contribution < 1.29 is 43.9 Å². The van der Waals surface area contributed by atoms with Gasteiger partial charge in [-0.05, 0) is 86.7 Å². The number of amides is 1. The molecule has 4 rings (SSSR count). The molecule has 1 fully saturated rings. The van der Waals surface area contributed by atoms with Gasteiger partial charge in [-0.15, -0.1) is 0 Å². The van der Waals surface area contributed by atoms with Gasteiger partial charge in [-0.2, -0.15) is 26.3 Å². The van der Waals surface area contributed by atoms with E-state index in [1.54, 1.807) is 13.0 Å². The number of sulfone groups is 1. The van der Waals surface area contributed by atoms with Crippen molar-refractivity contribution in [1.82, 2.24) is 10.3 Å². The number of alkyl halides is 6. The minimum absolute atomic E-state index is 0.0103. The van der Waals surface area contributed by atoms with Gasteiger partial charge in [0.25, 0.3) is 0 Å². The Morgan fingerprint density at radius 3 is 2.00 bits per heavy atom. The van der Waals surface area contributed by atoms with Crippen LogP contribution in [0.1, 0.15) is 48.9 Å². The molecule has 0 aliphatic carbocycles. The van der Waals surface area contributed by atoms with E-state index in [0.29, 0.717) is 60.6 Å². The highest BCUT2D eigenvalue weighted by molar-refractivity contribution is 7.90. The molecule has 1 saturated heterocycles. The number of anilines is 2. The fourth-order valence-corrected chi connectivity index (χ4v) is 6.11. The number of aryl methyl sites for hydroxylation is 1. The first-order valence-corrected chi connectivity index (χ1v) is 16.6. The molecule has 0 radical (unpaired) electrons. The summed E-state index contributed by atoms with van der Waals surface area (Å²) in [5, 5.41) is 3.03. The first-order chi connectivity index (χ1) is 21.6. The Morgan fingerprint density at radius 2 is 1.49 bits per heavy atom. The molecule has 1 aromatic heterocycles. The molecule has 0 spiro atoms. The van der Waals surface area contributed by atoms with Gasteiger partial charge in [-0.25, -0.2) is 17.8 Å². The summed E-state index contributed by atoms with van der Waals surface area (Å²) >= 11 is 0. The third-order valence-corrected chi connectivity index (χ3v) is 9.00. The van der Waals surface area contributed by atoms with E-state index >= 15 is 0 Å². The summed E-state index contributed by atoms with van der Waals surface area (Å²) in [4.78, 5) is 21.6. The van der Waals surface area contributed by atoms with Gasteiger partial charge in [0.1, 0.15) is 11.6 Å². The standard InChI is InChI=1S/C32H35F7N4O3S/c1-19-12-23(33)6-7-25(19)26-16-28(43-10-8-24(9-11-43)41-18-47(5,45)46)40-17-27(26)42(4)29(44)30(2,3)20-13-21(31(34,35)36)15-22(14-20)32(37,38)39/h6-7,12-17,24,41H,8-11,18H2,1-5H3. The van der Waals surface area contributed by atoms with Crippen molar-refractivity contribution >= 4 is 27.2 Å². The van der Waals surface area contributed by atoms with Crippen LogP contribution in [0.15, 0.2) is 48.7 Å². The average Bonchev–Trinajstić information content (AvgIpc) is 2.98. The zero-order valence-electron chi connectivity index (χ0n) is 26.4. The van der Waals surface area contributed by atoms with Crippen molar-refractivity contribution in [2.45, 2.75) is 57.4 Å². The summed E-state index contributed by atoms with van der Waals surface area (Å²) in [5.74, 6) is -0.936. The number of carbonyl (C=O) groups is 1. The second-order valence-electron chi connectivity index (χ2n) is 12.3. The molecule has 3 aromatic rings. The SMILES string of the molecule is Cc1cc(F)ccc1-c1cc(N2CCC(NCS(C)(=O)=O)CC2)ncc1N(C)C(=O)C(C)(C)c1cc(C(F)(F)F)cc(C(F)(F)F)c1. The summed E-state index contributed by atoms with van der Waals surface area (Å²) in [6.45, 7) is 5.19. The number of rotatable bonds is 8. The van der Waals surface area contributed by atoms with Gasteiger partial charge in [-0.1, -0.05) is 6.07 Å². The van der Waals surface area contributed by atoms with Crippen LogP contribution in [0.4, 0.5) is 42.2 Å². The molecule has 1 aliphatic heterocycles. The van der Waals surface area contributed by atoms with Crippen molar-refractivity contribution in [3.05, 3.63) is 76.7 Å². The van der Waals surface area contributed by atoms with Gasteiger partial charge in [0, 0.05) is 38.0 Å². The molecule has 2 aromatic carbocycles. The Labute approximate surface area is 268 Å². The normalized spacial score (nSPS) is 15.2. The lowest BCUT2D eigenvalue weighted by molar-refractivity contribution is -0.143. The molecule has 2 heterocycles. The van der Waals surface area contributed by atoms with Crippen LogP contribution in [0.25, 0.3) is 11.1 Å². The number of halogens is 7. The van der Waals surface area contributed by atoms with Gasteiger partial charge >= 0.3 is 12.4 Å². The van der Waals surface area contributed by atoms with Crippen molar-refractivity contribution in [1.29, 1.82) is 0 Å². The number of pyridine rings is 1. The second kappa shape index (κ2) is 13.1. The van der Waals surface area contributed by atoms with Gasteiger partial charge in [0.2, 0.25) is 5.91 Å². The summed E-state index contributed by atoms with van der Waals surface area (Å²) < 4.78 is 119. The molecule has 1 aliphatic rings. The Morgan fingerprint density at radius 1 is 0.936 bits per heavy atom. The van der Waals surface area contributed by atoms with Crippen LogP contribution in [0.2, 0.25) is 0 Å². The fraction of sp³-hybridized carbons (Fsp3) is 0.438. The van der Waals surface area contributed by atoms with Gasteiger partial charge in [0.15, 0.2) is 9.84 Å². The number of aromatic nitrogens is 1. The highest BCUT2D eigenvalue weighted by Crippen LogP contribution is 2.41. The van der Waals surface area contributed by atoms with E-state index in [9.17, 15) is 43.9 Å². The second-order valence-corrected chi connectivity index (χ2v) is 14.5. The molecule has 0 bridgehead atoms. The highest BCUT2D eigenvalue weighted by atomic mass is 32.2. The zero-order valence-corrected chi connectivity index (χ0v) is 27.2. The average molecular weight is 689 g/mol. The first kappa shape index (κ1) is 36.1. The Bertz CT molecular complexity index is 1720. The van der Waals surface area contributed by atoms with Crippen LogP contribution in [0.5, 0.6) is 0 Å². The number of hydrogen-bond donors (Lipinski definition) is 1. The summed E-state index contributed by atoms with van der Waals surface area (Å²) in [5.41, 5.74) is -3.71. The van der Waals surface area contributed by atoms with E-state index in [4.69, 9.17) is 0 Å². The topological polar surface area (TPSA) is 82.6 Å². The lowest BCUT2D eigenvalue weighted by Crippen LogP contribution is -2.44. The molecule has 1 amide bonds. The van der Waals surface area contributed by atoms with E-state index in [2.05, 4.69) is 10.3 Å². The van der Waals surface area contributed by atoms with Crippen LogP contribution >= 0.6 is 0 Å². The third kappa shape index (κ3) is 8.42. The van der Waals surface area contributed by atoms with Gasteiger partial charge in [-0.3, -0.25) is 4.79 Å². The van der Waals surface area contributed by atoms with Crippen LogP contribution in [-0.4, -0.2) is 57.6 Å². The van der Waals surface area contributed by atoms with Crippen molar-refractivity contribution in [2.24, 2.45) is 0 Å². The molecule has 15 heteroatoms. The first-order valence-electron chi connectivity index (χ1n) is 14.6. The fourth-order valence-electron chi connectivity index (χ4n) is 5.57. The lowest BCUT2D eigenvalue weighted by Gasteiger charge is -2.35. The monoisotopic (exact) mass is 688 g/mol. The maximum absolute atomic E-state index is 14.1. The number of carbonyl (C=O) groups excluding carboxylic acids is 1. The summed E-state index contributed by atoms with van der Waals surface area (Å²) in [6, 6.07) is 6.81. The Hall–Kier alpha value is -3.72. The number of nitrogens with one attached hydrogen (secondary N) is 1. The minimum Gasteiger partial charge on any atom is -0.356 e. The molecule has 0 saturated carbocycles. The number of likely N-dealkylation sites (N-methyl/N-ethyl adjacent to an activating group) is 1. The van der Waals surface area contributed by atoms with Crippen LogP contribution in [-0.2, 0) is 32.4 Å². The lowest BCUT2D eigenvalue weighted by atomic mass is 9.81. The van der Waals surface area contributed by atoms with Crippen LogP contribution in [0, 0.1) is 12.7 Å². The number of benzene rings is 2. The molecule has 256 valence electrons. The van der Waals surface area contributed by atoms with E-state index in [-0.39, 0.29) is 23.7 Å². The van der Waals surface area contributed by atoms with E-state index < -0.39 is 56.0 Å². The molecule has 7 nitrogen and oxygen atoms in total. The molecule has 0 atom stereocenters. The zero-order chi connectivity index (χ0) is 35.1. The predicted molar refractivity (Wildman–Crippen MR) is 165 cm³/mol. The number of hydrogen-bond acceptors (Lipinski definition) is 6. The van der Waals surface area contributed by atoms with Crippen molar-refractivity contribution in [2.75, 3.05) is 42.1 Å². The number of piperidine rings is 1. The minimum atomic E-state index is -5.09. The highest BCUT2D eigenvalue weighted by Gasteiger charge is 2.41. The Kier molecular flexibility index (Phi) is 10.0. The predicted octanol–water partition coefficient (Wildman–Crippen LogP) is 6.73. The summed E-state index contributed by atoms with van der Waals surface area (Å²) in [7, 11) is -1.85. The molecule has 1 N–H and O–H groups in total. The van der Waals surface area contributed by atoms with Crippen molar-refractivity contribution in [3.8, 4) is 11.1 Å². The van der Waals surface area contributed by atoms with E-state index in [1.165, 1.54) is 45.3 Å². The summed E-state index contributed by atoms with van der Waals surface area (Å²) in [6.07, 6.45) is -6.41. The molecular formula is C32H35F7N4O3S. The van der Waals surface area contributed by atoms with Crippen molar-refractivity contribution in [3.63, 3.8) is 0 Å². The maximum Gasteiger partial charge on any atom is 0.416 e. The number of nitrogens with zero attached hydrogens (tertiary/aromatic N) is 3. The van der Waals surface area contributed by atoms with E-state index in [1.807, 2.05) is 4.90 Å². The largest absolute Gasteiger partial charge is 0.416 e. The Balaban J connectivity index is 1.73. The van der Waals surface area contributed by atoms with Crippen LogP contribution in [0.3, 0.4) is 0 Å². The quantitative estimate of drug-likeness (QED) is 0.265. The maximum atomic E-state index is 14.1. The third-order valence-electron chi connectivity index (χ3n) is 8.31. The van der Waals surface area contributed by atoms with Gasteiger partial charge < -0.3 is 15.1 Å². The van der Waals surface area contributed by atoms with E-state index in [0.717, 1.165) is 11.2 Å². The van der Waals surface area contributed by atoms with Gasteiger partial charge in [0.05, 0.1) is 34.3 Å². The molecule has 0 unspecified atom stereocenters. The van der Waals surface area contributed by atoms with Crippen LogP contribution < -0.4 is 15.1 Å². The molecular weight excluding hydrogens is 653 g/mol. The molecule has 47 heavy (non-hydrogen) atoms. The smallest absolute Gasteiger partial charge is 0.356 e.